The maximum absolute atomic E-state index is 11.5. The zero-order valence-electron chi connectivity index (χ0n) is 12.2. The van der Waals surface area contributed by atoms with Gasteiger partial charge in [-0.1, -0.05) is 18.2 Å². The topological polar surface area (TPSA) is 103 Å². The summed E-state index contributed by atoms with van der Waals surface area (Å²) in [6.45, 7) is 0. The third-order valence-electron chi connectivity index (χ3n) is 4.48. The molecule has 0 spiro atoms. The van der Waals surface area contributed by atoms with Crippen LogP contribution in [0.2, 0.25) is 0 Å². The number of anilines is 1. The van der Waals surface area contributed by atoms with Crippen LogP contribution in [0.5, 0.6) is 0 Å². The van der Waals surface area contributed by atoms with Gasteiger partial charge in [0.05, 0.1) is 17.2 Å². The minimum atomic E-state index is -0.503. The lowest BCUT2D eigenvalue weighted by molar-refractivity contribution is -0.109. The summed E-state index contributed by atoms with van der Waals surface area (Å²) in [4.78, 5) is 22.4. The number of nitrogens with one attached hydrogen (secondary N) is 1. The Morgan fingerprint density at radius 2 is 2.14 bits per heavy atom. The number of carbonyl (C=O) groups excluding carboxylic acids is 2. The molecule has 0 bridgehead atoms. The molecule has 1 aromatic carbocycles. The normalized spacial score (nSPS) is 22.6. The lowest BCUT2D eigenvalue weighted by Crippen LogP contribution is -2.30. The number of carbonyl (C=O) groups is 2. The van der Waals surface area contributed by atoms with Gasteiger partial charge in [0, 0.05) is 17.6 Å². The second kappa shape index (κ2) is 5.81. The van der Waals surface area contributed by atoms with Crippen molar-refractivity contribution in [1.29, 1.82) is 0 Å². The van der Waals surface area contributed by atoms with Crippen LogP contribution in [0.4, 0.5) is 10.5 Å². The molecule has 0 radical (unpaired) electrons. The summed E-state index contributed by atoms with van der Waals surface area (Å²) >= 11 is 0. The lowest BCUT2D eigenvalue weighted by atomic mass is 10.00. The van der Waals surface area contributed by atoms with E-state index in [0.29, 0.717) is 0 Å². The minimum absolute atomic E-state index is 0.222. The van der Waals surface area contributed by atoms with Crippen LogP contribution in [0.15, 0.2) is 30.5 Å². The third kappa shape index (κ3) is 2.57. The van der Waals surface area contributed by atoms with Crippen molar-refractivity contribution in [1.82, 2.24) is 4.57 Å². The molecule has 1 fully saturated rings. The van der Waals surface area contributed by atoms with Gasteiger partial charge in [-0.05, 0) is 31.2 Å². The molecule has 1 aromatic heterocycles. The molecular weight excluding hydrogens is 280 g/mol. The van der Waals surface area contributed by atoms with E-state index in [4.69, 9.17) is 11.5 Å². The van der Waals surface area contributed by atoms with E-state index in [1.54, 1.807) is 6.20 Å². The Morgan fingerprint density at radius 1 is 1.36 bits per heavy atom. The summed E-state index contributed by atoms with van der Waals surface area (Å²) in [6.07, 6.45) is 5.32. The zero-order chi connectivity index (χ0) is 15.7. The Morgan fingerprint density at radius 3 is 2.86 bits per heavy atom. The highest BCUT2D eigenvalue weighted by atomic mass is 16.2. The van der Waals surface area contributed by atoms with Gasteiger partial charge in [-0.25, -0.2) is 4.79 Å². The molecule has 6 nitrogen and oxygen atoms in total. The van der Waals surface area contributed by atoms with Gasteiger partial charge < -0.3 is 21.6 Å². The summed E-state index contributed by atoms with van der Waals surface area (Å²) < 4.78 is 1.45. The largest absolute Gasteiger partial charge is 0.381 e. The number of nitrogens with two attached hydrogens (primary N) is 2. The highest BCUT2D eigenvalue weighted by Crippen LogP contribution is 2.32. The van der Waals surface area contributed by atoms with Crippen LogP contribution in [0.25, 0.3) is 10.9 Å². The fourth-order valence-corrected chi connectivity index (χ4v) is 3.31. The number of rotatable bonds is 4. The van der Waals surface area contributed by atoms with Gasteiger partial charge in [-0.15, -0.1) is 0 Å². The average Bonchev–Trinajstić information content (AvgIpc) is 3.12. The van der Waals surface area contributed by atoms with Crippen LogP contribution in [0.1, 0.15) is 19.3 Å². The van der Waals surface area contributed by atoms with Gasteiger partial charge in [-0.3, -0.25) is 4.57 Å². The minimum Gasteiger partial charge on any atom is -0.381 e. The maximum atomic E-state index is 11.5. The van der Waals surface area contributed by atoms with E-state index in [9.17, 15) is 9.59 Å². The van der Waals surface area contributed by atoms with Gasteiger partial charge in [0.25, 0.3) is 0 Å². The summed E-state index contributed by atoms with van der Waals surface area (Å²) in [7, 11) is 0. The third-order valence-corrected chi connectivity index (χ3v) is 4.48. The first-order valence-corrected chi connectivity index (χ1v) is 7.47. The van der Waals surface area contributed by atoms with Gasteiger partial charge in [-0.2, -0.15) is 0 Å². The van der Waals surface area contributed by atoms with E-state index >= 15 is 0 Å². The second-order valence-electron chi connectivity index (χ2n) is 5.90. The van der Waals surface area contributed by atoms with Gasteiger partial charge in [0.1, 0.15) is 6.29 Å². The van der Waals surface area contributed by atoms with Crippen molar-refractivity contribution in [3.8, 4) is 0 Å². The van der Waals surface area contributed by atoms with E-state index in [1.165, 1.54) is 4.57 Å². The summed E-state index contributed by atoms with van der Waals surface area (Å²) in [6, 6.07) is 6.99. The Kier molecular flexibility index (Phi) is 3.85. The monoisotopic (exact) mass is 300 g/mol. The van der Waals surface area contributed by atoms with Gasteiger partial charge >= 0.3 is 6.03 Å². The molecule has 0 saturated heterocycles. The van der Waals surface area contributed by atoms with Crippen molar-refractivity contribution in [2.45, 2.75) is 31.3 Å². The molecule has 1 amide bonds. The summed E-state index contributed by atoms with van der Waals surface area (Å²) in [5.74, 6) is 0.222. The lowest BCUT2D eigenvalue weighted by Gasteiger charge is -2.15. The van der Waals surface area contributed by atoms with Crippen molar-refractivity contribution >= 4 is 28.9 Å². The van der Waals surface area contributed by atoms with Crippen molar-refractivity contribution in [3.05, 3.63) is 30.5 Å². The van der Waals surface area contributed by atoms with Crippen molar-refractivity contribution in [3.63, 3.8) is 0 Å². The number of nitrogens with zero attached hydrogens (tertiary/aromatic N) is 1. The second-order valence-corrected chi connectivity index (χ2v) is 5.90. The highest BCUT2D eigenvalue weighted by Gasteiger charge is 2.29. The highest BCUT2D eigenvalue weighted by molar-refractivity contribution is 5.99. The molecule has 5 N–H and O–H groups in total. The van der Waals surface area contributed by atoms with Crippen molar-refractivity contribution in [2.75, 3.05) is 5.32 Å². The number of aldehydes is 1. The van der Waals surface area contributed by atoms with Crippen molar-refractivity contribution in [2.24, 2.45) is 17.4 Å². The van der Waals surface area contributed by atoms with Crippen LogP contribution >= 0.6 is 0 Å². The number of amides is 1. The zero-order valence-corrected chi connectivity index (χ0v) is 12.2. The van der Waals surface area contributed by atoms with E-state index in [2.05, 4.69) is 5.32 Å². The molecule has 3 atom stereocenters. The van der Waals surface area contributed by atoms with Gasteiger partial charge in [0.2, 0.25) is 0 Å². The van der Waals surface area contributed by atoms with E-state index in [-0.39, 0.29) is 12.0 Å². The Balaban J connectivity index is 1.83. The SMILES string of the molecule is NC(=O)n1cc(NC2CCC(C(N)C=O)C2)c2ccccc21. The van der Waals surface area contributed by atoms with Crippen LogP contribution in [0.3, 0.4) is 0 Å². The molecule has 116 valence electrons. The fraction of sp³-hybridized carbons (Fsp3) is 0.375. The average molecular weight is 300 g/mol. The van der Waals surface area contributed by atoms with E-state index in [1.807, 2.05) is 24.3 Å². The predicted molar refractivity (Wildman–Crippen MR) is 85.7 cm³/mol. The molecule has 22 heavy (non-hydrogen) atoms. The molecule has 3 rings (SSSR count). The first-order valence-electron chi connectivity index (χ1n) is 7.47. The number of fused-ring (bicyclic) bond motifs is 1. The molecule has 0 aliphatic heterocycles. The fourth-order valence-electron chi connectivity index (χ4n) is 3.31. The smallest absolute Gasteiger partial charge is 0.323 e. The molecule has 2 aromatic rings. The number of hydrogen-bond acceptors (Lipinski definition) is 4. The summed E-state index contributed by atoms with van der Waals surface area (Å²) in [5, 5.41) is 4.43. The number of aromatic nitrogens is 1. The molecule has 1 aliphatic carbocycles. The van der Waals surface area contributed by atoms with Crippen molar-refractivity contribution < 1.29 is 9.59 Å². The first kappa shape index (κ1) is 14.6. The number of hydrogen-bond donors (Lipinski definition) is 3. The quantitative estimate of drug-likeness (QED) is 0.747. The van der Waals surface area contributed by atoms with Crippen LogP contribution < -0.4 is 16.8 Å². The van der Waals surface area contributed by atoms with E-state index < -0.39 is 12.1 Å². The molecule has 6 heteroatoms. The standard InChI is InChI=1S/C16H20N4O2/c17-13(9-21)10-5-6-11(7-10)19-14-8-20(16(18)22)15-4-2-1-3-12(14)15/h1-4,8-11,13,19H,5-7,17H2,(H2,18,22). The Hall–Kier alpha value is -2.34. The molecule has 1 heterocycles. The molecule has 1 aliphatic rings. The maximum Gasteiger partial charge on any atom is 0.323 e. The Bertz CT molecular complexity index is 709. The van der Waals surface area contributed by atoms with Gasteiger partial charge in [0.15, 0.2) is 0 Å². The number of para-hydroxylation sites is 1. The predicted octanol–water partition coefficient (Wildman–Crippen LogP) is 1.67. The van der Waals surface area contributed by atoms with E-state index in [0.717, 1.165) is 42.1 Å². The number of benzene rings is 1. The van der Waals surface area contributed by atoms with Crippen LogP contribution in [-0.4, -0.2) is 29.0 Å². The molecule has 1 saturated carbocycles. The van der Waals surface area contributed by atoms with Crippen LogP contribution in [0, 0.1) is 5.92 Å². The Labute approximate surface area is 128 Å². The first-order chi connectivity index (χ1) is 10.6. The number of primary amides is 1. The van der Waals surface area contributed by atoms with Crippen LogP contribution in [-0.2, 0) is 4.79 Å². The summed E-state index contributed by atoms with van der Waals surface area (Å²) in [5.41, 5.74) is 12.9. The molecule has 3 unspecified atom stereocenters. The molecular formula is C16H20N4O2.